The molecule has 1 aliphatic carbocycles. The van der Waals surface area contributed by atoms with Crippen LogP contribution in [0.1, 0.15) is 62.4 Å². The van der Waals surface area contributed by atoms with Gasteiger partial charge in [-0.2, -0.15) is 5.10 Å². The average Bonchev–Trinajstić information content (AvgIpc) is 3.17. The summed E-state index contributed by atoms with van der Waals surface area (Å²) in [5.74, 6) is 0.589. The molecule has 0 spiro atoms. The normalized spacial score (nSPS) is 15.7. The van der Waals surface area contributed by atoms with E-state index >= 15 is 0 Å². The zero-order chi connectivity index (χ0) is 14.8. The van der Waals surface area contributed by atoms with Crippen LogP contribution in [0.4, 0.5) is 0 Å². The minimum absolute atomic E-state index is 0.114. The van der Waals surface area contributed by atoms with Gasteiger partial charge in [0.2, 0.25) is 0 Å². The summed E-state index contributed by atoms with van der Waals surface area (Å²) < 4.78 is 0. The van der Waals surface area contributed by atoms with Crippen LogP contribution in [0.25, 0.3) is 10.6 Å². The van der Waals surface area contributed by atoms with E-state index in [0.29, 0.717) is 5.92 Å². The van der Waals surface area contributed by atoms with Crippen LogP contribution in [0.5, 0.6) is 0 Å². The highest BCUT2D eigenvalue weighted by Gasteiger charge is 2.22. The number of hydrogen-bond acceptors (Lipinski definition) is 4. The van der Waals surface area contributed by atoms with Crippen molar-refractivity contribution in [1.29, 1.82) is 0 Å². The van der Waals surface area contributed by atoms with Gasteiger partial charge in [0.1, 0.15) is 5.01 Å². The van der Waals surface area contributed by atoms with Crippen LogP contribution in [-0.4, -0.2) is 15.2 Å². The molecule has 0 atom stereocenters. The second-order valence-corrected chi connectivity index (χ2v) is 6.48. The monoisotopic (exact) mass is 303 g/mol. The predicted octanol–water partition coefficient (Wildman–Crippen LogP) is 3.68. The van der Waals surface area contributed by atoms with Gasteiger partial charge in [0, 0.05) is 11.3 Å². The molecule has 0 aliphatic heterocycles. The van der Waals surface area contributed by atoms with E-state index in [1.165, 1.54) is 31.4 Å². The molecule has 3 rings (SSSR count). The number of thiazole rings is 1. The third-order valence-electron chi connectivity index (χ3n) is 4.37. The molecular weight excluding hydrogens is 282 g/mol. The molecule has 0 bridgehead atoms. The van der Waals surface area contributed by atoms with Crippen LogP contribution < -0.4 is 5.56 Å². The van der Waals surface area contributed by atoms with Crippen LogP contribution >= 0.6 is 11.3 Å². The molecule has 2 aromatic heterocycles. The van der Waals surface area contributed by atoms with Gasteiger partial charge in [-0.15, -0.1) is 11.3 Å². The number of nitrogens with one attached hydrogen (secondary N) is 1. The largest absolute Gasteiger partial charge is 0.274 e. The molecular formula is C16H21N3OS. The molecule has 0 radical (unpaired) electrons. The maximum atomic E-state index is 12.2. The van der Waals surface area contributed by atoms with Gasteiger partial charge < -0.3 is 0 Å². The van der Waals surface area contributed by atoms with E-state index in [9.17, 15) is 4.79 Å². The van der Waals surface area contributed by atoms with Crippen LogP contribution in [0, 0.1) is 0 Å². The van der Waals surface area contributed by atoms with Crippen LogP contribution in [0.3, 0.4) is 0 Å². The summed E-state index contributed by atoms with van der Waals surface area (Å²) in [6.07, 6.45) is 6.70. The number of H-pyrrole nitrogens is 1. The Morgan fingerprint density at radius 3 is 2.71 bits per heavy atom. The van der Waals surface area contributed by atoms with E-state index in [0.717, 1.165) is 34.7 Å². The van der Waals surface area contributed by atoms with Crippen molar-refractivity contribution >= 4 is 11.3 Å². The number of aryl methyl sites for hydroxylation is 1. The molecule has 5 heteroatoms. The SMILES string of the molecule is CCc1n[nH]c(=O)c(-c2nc(C3CCCC3)cs2)c1CC. The number of nitrogens with zero attached hydrogens (tertiary/aromatic N) is 2. The molecule has 0 saturated heterocycles. The summed E-state index contributed by atoms with van der Waals surface area (Å²) in [6, 6.07) is 0. The first-order valence-corrected chi connectivity index (χ1v) is 8.68. The molecule has 112 valence electrons. The number of aromatic nitrogens is 3. The van der Waals surface area contributed by atoms with Crippen molar-refractivity contribution < 1.29 is 0 Å². The van der Waals surface area contributed by atoms with E-state index in [1.54, 1.807) is 11.3 Å². The third kappa shape index (κ3) is 2.67. The molecule has 1 saturated carbocycles. The summed E-state index contributed by atoms with van der Waals surface area (Å²) in [7, 11) is 0. The lowest BCUT2D eigenvalue weighted by Gasteiger charge is -2.08. The Labute approximate surface area is 128 Å². The first-order valence-electron chi connectivity index (χ1n) is 7.80. The van der Waals surface area contributed by atoms with Gasteiger partial charge in [-0.1, -0.05) is 26.7 Å². The molecule has 21 heavy (non-hydrogen) atoms. The molecule has 2 aromatic rings. The third-order valence-corrected chi connectivity index (χ3v) is 5.25. The fraction of sp³-hybridized carbons (Fsp3) is 0.562. The Morgan fingerprint density at radius 1 is 1.29 bits per heavy atom. The first kappa shape index (κ1) is 14.4. The lowest BCUT2D eigenvalue weighted by atomic mass is 10.0. The second-order valence-electron chi connectivity index (χ2n) is 5.62. The summed E-state index contributed by atoms with van der Waals surface area (Å²) in [5.41, 5.74) is 3.82. The summed E-state index contributed by atoms with van der Waals surface area (Å²) in [5, 5.41) is 9.80. The fourth-order valence-electron chi connectivity index (χ4n) is 3.23. The Morgan fingerprint density at radius 2 is 2.05 bits per heavy atom. The second kappa shape index (κ2) is 6.10. The van der Waals surface area contributed by atoms with Gasteiger partial charge in [0.15, 0.2) is 0 Å². The van der Waals surface area contributed by atoms with Crippen LogP contribution in [0.15, 0.2) is 10.2 Å². The van der Waals surface area contributed by atoms with Crippen LogP contribution in [-0.2, 0) is 12.8 Å². The first-order chi connectivity index (χ1) is 10.2. The van der Waals surface area contributed by atoms with E-state index in [2.05, 4.69) is 29.4 Å². The zero-order valence-corrected chi connectivity index (χ0v) is 13.4. The molecule has 2 heterocycles. The van der Waals surface area contributed by atoms with Crippen molar-refractivity contribution in [1.82, 2.24) is 15.2 Å². The molecule has 1 fully saturated rings. The zero-order valence-electron chi connectivity index (χ0n) is 12.6. The average molecular weight is 303 g/mol. The van der Waals surface area contributed by atoms with Gasteiger partial charge in [0.05, 0.1) is 17.0 Å². The maximum Gasteiger partial charge on any atom is 0.274 e. The van der Waals surface area contributed by atoms with Gasteiger partial charge in [-0.05, 0) is 31.2 Å². The highest BCUT2D eigenvalue weighted by atomic mass is 32.1. The number of rotatable bonds is 4. The van der Waals surface area contributed by atoms with Crippen molar-refractivity contribution in [3.8, 4) is 10.6 Å². The van der Waals surface area contributed by atoms with E-state index in [-0.39, 0.29) is 5.56 Å². The Hall–Kier alpha value is -1.49. The highest BCUT2D eigenvalue weighted by Crippen LogP contribution is 2.36. The van der Waals surface area contributed by atoms with Crippen molar-refractivity contribution in [2.24, 2.45) is 0 Å². The van der Waals surface area contributed by atoms with E-state index in [4.69, 9.17) is 4.98 Å². The number of hydrogen-bond donors (Lipinski definition) is 1. The Kier molecular flexibility index (Phi) is 4.19. The topological polar surface area (TPSA) is 58.6 Å². The lowest BCUT2D eigenvalue weighted by Crippen LogP contribution is -2.16. The molecule has 1 aliphatic rings. The van der Waals surface area contributed by atoms with Crippen LogP contribution in [0.2, 0.25) is 0 Å². The van der Waals surface area contributed by atoms with Gasteiger partial charge in [-0.25, -0.2) is 10.1 Å². The van der Waals surface area contributed by atoms with Gasteiger partial charge in [0.25, 0.3) is 5.56 Å². The van der Waals surface area contributed by atoms with Crippen molar-refractivity contribution in [2.75, 3.05) is 0 Å². The molecule has 0 unspecified atom stereocenters. The van der Waals surface area contributed by atoms with E-state index < -0.39 is 0 Å². The quantitative estimate of drug-likeness (QED) is 0.937. The maximum absolute atomic E-state index is 12.2. The predicted molar refractivity (Wildman–Crippen MR) is 85.9 cm³/mol. The molecule has 0 aromatic carbocycles. The molecule has 4 nitrogen and oxygen atoms in total. The highest BCUT2D eigenvalue weighted by molar-refractivity contribution is 7.13. The minimum atomic E-state index is -0.114. The fourth-order valence-corrected chi connectivity index (χ4v) is 4.20. The number of aromatic amines is 1. The van der Waals surface area contributed by atoms with E-state index in [1.807, 2.05) is 0 Å². The standard InChI is InChI=1S/C16H21N3OS/c1-3-11-12(4-2)18-19-15(20)14(11)16-17-13(9-21-16)10-7-5-6-8-10/h9-10H,3-8H2,1-2H3,(H,19,20). The van der Waals surface area contributed by atoms with Crippen molar-refractivity contribution in [2.45, 2.75) is 58.3 Å². The van der Waals surface area contributed by atoms with Crippen molar-refractivity contribution in [3.05, 3.63) is 32.7 Å². The summed E-state index contributed by atoms with van der Waals surface area (Å²) in [4.78, 5) is 17.0. The Balaban J connectivity index is 2.05. The Bertz CT molecular complexity index is 683. The molecule has 1 N–H and O–H groups in total. The summed E-state index contributed by atoms with van der Waals surface area (Å²) >= 11 is 1.59. The summed E-state index contributed by atoms with van der Waals surface area (Å²) in [6.45, 7) is 4.14. The lowest BCUT2D eigenvalue weighted by molar-refractivity contribution is 0.703. The van der Waals surface area contributed by atoms with Gasteiger partial charge in [-0.3, -0.25) is 4.79 Å². The van der Waals surface area contributed by atoms with Crippen molar-refractivity contribution in [3.63, 3.8) is 0 Å². The molecule has 0 amide bonds. The smallest absolute Gasteiger partial charge is 0.267 e. The van der Waals surface area contributed by atoms with Gasteiger partial charge >= 0.3 is 0 Å². The minimum Gasteiger partial charge on any atom is -0.267 e.